The number of aliphatic hydroxyl groups is 1. The lowest BCUT2D eigenvalue weighted by atomic mass is 9.71. The van der Waals surface area contributed by atoms with Crippen molar-refractivity contribution >= 4 is 23.4 Å². The van der Waals surface area contributed by atoms with Crippen LogP contribution in [0, 0.1) is 5.92 Å². The molecule has 3 rings (SSSR count). The smallest absolute Gasteiger partial charge is 0.191 e. The molecule has 0 bridgehead atoms. The number of fused-ring (bicyclic) bond motifs is 1. The molecule has 2 atom stereocenters. The highest BCUT2D eigenvalue weighted by atomic mass is 32.2. The summed E-state index contributed by atoms with van der Waals surface area (Å²) in [7, 11) is 0. The standard InChI is InChI=1S/C14H22N4OS/c1-20-13-16-11(15)8-12(17-13)18-7-6-14(19)5-3-2-4-10(14)9-18/h8,10,19H,2-7,9H2,1H3,(H2,15,16,17). The first kappa shape index (κ1) is 13.9. The number of nitrogen functional groups attached to an aromatic ring is 1. The summed E-state index contributed by atoms with van der Waals surface area (Å²) in [5.41, 5.74) is 5.41. The molecule has 1 aromatic rings. The van der Waals surface area contributed by atoms with Gasteiger partial charge in [0.1, 0.15) is 11.6 Å². The molecule has 1 aliphatic carbocycles. The molecule has 2 unspecified atom stereocenters. The quantitative estimate of drug-likeness (QED) is 0.641. The fourth-order valence-electron chi connectivity index (χ4n) is 3.46. The molecular formula is C14H22N4OS. The van der Waals surface area contributed by atoms with Crippen molar-refractivity contribution in [3.05, 3.63) is 6.07 Å². The fraction of sp³-hybridized carbons (Fsp3) is 0.714. The van der Waals surface area contributed by atoms with Crippen LogP contribution in [-0.4, -0.2) is 40.0 Å². The Labute approximate surface area is 124 Å². The third kappa shape index (κ3) is 2.59. The van der Waals surface area contributed by atoms with Gasteiger partial charge >= 0.3 is 0 Å². The van der Waals surface area contributed by atoms with Crippen LogP contribution in [0.3, 0.4) is 0 Å². The first-order valence-corrected chi connectivity index (χ1v) is 8.49. The number of nitrogens with two attached hydrogens (primary N) is 1. The summed E-state index contributed by atoms with van der Waals surface area (Å²) in [6.07, 6.45) is 7.23. The van der Waals surface area contributed by atoms with E-state index >= 15 is 0 Å². The van der Waals surface area contributed by atoms with E-state index in [0.29, 0.717) is 16.9 Å². The van der Waals surface area contributed by atoms with Crippen LogP contribution in [0.2, 0.25) is 0 Å². The van der Waals surface area contributed by atoms with Crippen molar-refractivity contribution in [2.24, 2.45) is 5.92 Å². The van der Waals surface area contributed by atoms with Crippen LogP contribution >= 0.6 is 11.8 Å². The highest BCUT2D eigenvalue weighted by Crippen LogP contribution is 2.40. The highest BCUT2D eigenvalue weighted by Gasteiger charge is 2.43. The topological polar surface area (TPSA) is 75.3 Å². The van der Waals surface area contributed by atoms with Crippen molar-refractivity contribution < 1.29 is 5.11 Å². The van der Waals surface area contributed by atoms with Gasteiger partial charge in [0.25, 0.3) is 0 Å². The molecule has 1 aromatic heterocycles. The van der Waals surface area contributed by atoms with E-state index < -0.39 is 5.60 Å². The number of aromatic nitrogens is 2. The molecule has 5 nitrogen and oxygen atoms in total. The number of rotatable bonds is 2. The number of piperidine rings is 1. The molecule has 1 aliphatic heterocycles. The third-order valence-electron chi connectivity index (χ3n) is 4.65. The molecule has 2 heterocycles. The first-order valence-electron chi connectivity index (χ1n) is 7.26. The Morgan fingerprint density at radius 1 is 1.40 bits per heavy atom. The van der Waals surface area contributed by atoms with E-state index in [1.165, 1.54) is 18.2 Å². The summed E-state index contributed by atoms with van der Waals surface area (Å²) in [6.45, 7) is 1.72. The average Bonchev–Trinajstić information content (AvgIpc) is 2.45. The van der Waals surface area contributed by atoms with E-state index in [2.05, 4.69) is 14.9 Å². The molecule has 110 valence electrons. The van der Waals surface area contributed by atoms with Crippen LogP contribution < -0.4 is 10.6 Å². The van der Waals surface area contributed by atoms with Gasteiger partial charge in [-0.05, 0) is 25.5 Å². The monoisotopic (exact) mass is 294 g/mol. The molecule has 1 saturated carbocycles. The van der Waals surface area contributed by atoms with Gasteiger partial charge in [0.05, 0.1) is 5.60 Å². The lowest BCUT2D eigenvalue weighted by molar-refractivity contribution is -0.0613. The Morgan fingerprint density at radius 2 is 2.25 bits per heavy atom. The summed E-state index contributed by atoms with van der Waals surface area (Å²) in [6, 6.07) is 1.84. The van der Waals surface area contributed by atoms with Gasteiger partial charge < -0.3 is 15.7 Å². The molecular weight excluding hydrogens is 272 g/mol. The number of nitrogens with zero attached hydrogens (tertiary/aromatic N) is 3. The maximum Gasteiger partial charge on any atom is 0.191 e. The molecule has 0 amide bonds. The van der Waals surface area contributed by atoms with Crippen molar-refractivity contribution in [2.45, 2.75) is 42.9 Å². The molecule has 1 saturated heterocycles. The van der Waals surface area contributed by atoms with Gasteiger partial charge in [0, 0.05) is 25.1 Å². The molecule has 2 aliphatic rings. The van der Waals surface area contributed by atoms with E-state index in [4.69, 9.17) is 5.73 Å². The normalized spacial score (nSPS) is 30.1. The van der Waals surface area contributed by atoms with Crippen LogP contribution in [0.1, 0.15) is 32.1 Å². The van der Waals surface area contributed by atoms with E-state index in [9.17, 15) is 5.11 Å². The maximum absolute atomic E-state index is 10.7. The van der Waals surface area contributed by atoms with Gasteiger partial charge in [0.15, 0.2) is 5.16 Å². The Kier molecular flexibility index (Phi) is 3.77. The molecule has 0 radical (unpaired) electrons. The fourth-order valence-corrected chi connectivity index (χ4v) is 3.84. The van der Waals surface area contributed by atoms with Gasteiger partial charge in [-0.25, -0.2) is 9.97 Å². The van der Waals surface area contributed by atoms with Crippen LogP contribution in [0.4, 0.5) is 11.6 Å². The molecule has 3 N–H and O–H groups in total. The zero-order valence-electron chi connectivity index (χ0n) is 11.9. The number of hydrogen-bond donors (Lipinski definition) is 2. The molecule has 2 fully saturated rings. The van der Waals surface area contributed by atoms with Gasteiger partial charge in [-0.3, -0.25) is 0 Å². The lowest BCUT2D eigenvalue weighted by Gasteiger charge is -2.47. The summed E-state index contributed by atoms with van der Waals surface area (Å²) in [4.78, 5) is 11.0. The maximum atomic E-state index is 10.7. The van der Waals surface area contributed by atoms with Gasteiger partial charge in [-0.1, -0.05) is 24.6 Å². The lowest BCUT2D eigenvalue weighted by Crippen LogP contribution is -2.53. The van der Waals surface area contributed by atoms with Gasteiger partial charge in [-0.15, -0.1) is 0 Å². The summed E-state index contributed by atoms with van der Waals surface area (Å²) in [5.74, 6) is 1.78. The minimum absolute atomic E-state index is 0.360. The van der Waals surface area contributed by atoms with Crippen molar-refractivity contribution in [3.63, 3.8) is 0 Å². The highest BCUT2D eigenvalue weighted by molar-refractivity contribution is 7.98. The largest absolute Gasteiger partial charge is 0.389 e. The van der Waals surface area contributed by atoms with E-state index in [0.717, 1.165) is 44.6 Å². The predicted octanol–water partition coefficient (Wildman–Crippen LogP) is 1.91. The predicted molar refractivity (Wildman–Crippen MR) is 82.0 cm³/mol. The Balaban J connectivity index is 1.80. The SMILES string of the molecule is CSc1nc(N)cc(N2CCC3(O)CCCCC3C2)n1. The second kappa shape index (κ2) is 5.41. The number of hydrogen-bond acceptors (Lipinski definition) is 6. The average molecular weight is 294 g/mol. The van der Waals surface area contributed by atoms with Crippen molar-refractivity contribution in [3.8, 4) is 0 Å². The van der Waals surface area contributed by atoms with E-state index in [-0.39, 0.29) is 0 Å². The van der Waals surface area contributed by atoms with Crippen LogP contribution in [0.5, 0.6) is 0 Å². The summed E-state index contributed by atoms with van der Waals surface area (Å²) in [5, 5.41) is 11.4. The van der Waals surface area contributed by atoms with Gasteiger partial charge in [0.2, 0.25) is 0 Å². The van der Waals surface area contributed by atoms with Crippen LogP contribution in [0.25, 0.3) is 0 Å². The first-order chi connectivity index (χ1) is 9.60. The molecule has 6 heteroatoms. The number of thioether (sulfide) groups is 1. The van der Waals surface area contributed by atoms with E-state index in [1.807, 2.05) is 12.3 Å². The van der Waals surface area contributed by atoms with Crippen molar-refractivity contribution in [2.75, 3.05) is 30.0 Å². The molecule has 0 spiro atoms. The molecule has 0 aromatic carbocycles. The van der Waals surface area contributed by atoms with Crippen LogP contribution in [-0.2, 0) is 0 Å². The summed E-state index contributed by atoms with van der Waals surface area (Å²) < 4.78 is 0. The van der Waals surface area contributed by atoms with E-state index in [1.54, 1.807) is 0 Å². The third-order valence-corrected chi connectivity index (χ3v) is 5.19. The second-order valence-electron chi connectivity index (χ2n) is 5.88. The second-order valence-corrected chi connectivity index (χ2v) is 6.65. The Morgan fingerprint density at radius 3 is 3.05 bits per heavy atom. The Hall–Kier alpha value is -1.01. The van der Waals surface area contributed by atoms with Crippen LogP contribution in [0.15, 0.2) is 11.2 Å². The van der Waals surface area contributed by atoms with Gasteiger partial charge in [-0.2, -0.15) is 0 Å². The summed E-state index contributed by atoms with van der Waals surface area (Å²) >= 11 is 1.50. The zero-order chi connectivity index (χ0) is 14.2. The molecule has 20 heavy (non-hydrogen) atoms. The van der Waals surface area contributed by atoms with Crippen molar-refractivity contribution in [1.82, 2.24) is 9.97 Å². The zero-order valence-corrected chi connectivity index (χ0v) is 12.7. The number of anilines is 2. The minimum Gasteiger partial charge on any atom is -0.389 e. The Bertz CT molecular complexity index is 498. The minimum atomic E-state index is -0.449. The van der Waals surface area contributed by atoms with Crippen molar-refractivity contribution in [1.29, 1.82) is 0 Å².